The van der Waals surface area contributed by atoms with Gasteiger partial charge in [0.15, 0.2) is 0 Å². The molecule has 0 saturated carbocycles. The molecule has 1 unspecified atom stereocenters. The van der Waals surface area contributed by atoms with Crippen molar-refractivity contribution in [2.24, 2.45) is 0 Å². The van der Waals surface area contributed by atoms with Crippen molar-refractivity contribution in [1.82, 2.24) is 10.2 Å². The van der Waals surface area contributed by atoms with Gasteiger partial charge >= 0.3 is 0 Å². The van der Waals surface area contributed by atoms with Crippen molar-refractivity contribution in [3.8, 4) is 0 Å². The Kier molecular flexibility index (Phi) is 7.40. The third-order valence-corrected chi connectivity index (χ3v) is 4.82. The van der Waals surface area contributed by atoms with Crippen molar-refractivity contribution in [3.63, 3.8) is 0 Å². The van der Waals surface area contributed by atoms with E-state index >= 15 is 0 Å². The van der Waals surface area contributed by atoms with Gasteiger partial charge in [-0.1, -0.05) is 13.8 Å². The van der Waals surface area contributed by atoms with Crippen molar-refractivity contribution in [2.75, 3.05) is 32.1 Å². The monoisotopic (exact) mass is 278 g/mol. The van der Waals surface area contributed by atoms with Gasteiger partial charge in [-0.3, -0.25) is 4.90 Å². The Balaban J connectivity index is 4.56. The van der Waals surface area contributed by atoms with Crippen LogP contribution in [0.4, 0.5) is 0 Å². The molecular weight excluding hydrogens is 248 g/mol. The van der Waals surface area contributed by atoms with Crippen LogP contribution in [0.15, 0.2) is 0 Å². The molecule has 0 fully saturated rings. The lowest BCUT2D eigenvalue weighted by atomic mass is 9.89. The zero-order chi connectivity index (χ0) is 14.4. The van der Waals surface area contributed by atoms with E-state index in [-0.39, 0.29) is 11.3 Å². The number of rotatable bonds is 9. The maximum absolute atomic E-state index is 11.2. The number of likely N-dealkylation sites (N-methyl/N-ethyl adjacent to an activating group) is 2. The van der Waals surface area contributed by atoms with Crippen LogP contribution in [-0.2, 0) is 9.84 Å². The maximum Gasteiger partial charge on any atom is 0.147 e. The lowest BCUT2D eigenvalue weighted by Gasteiger charge is -2.43. The lowest BCUT2D eigenvalue weighted by molar-refractivity contribution is 0.0905. The van der Waals surface area contributed by atoms with Gasteiger partial charge in [0.05, 0.1) is 0 Å². The predicted molar refractivity (Wildman–Crippen MR) is 78.8 cm³/mol. The summed E-state index contributed by atoms with van der Waals surface area (Å²) in [6.07, 6.45) is 2.90. The summed E-state index contributed by atoms with van der Waals surface area (Å²) in [5, 5.41) is 3.34. The Bertz CT molecular complexity index is 322. The summed E-state index contributed by atoms with van der Waals surface area (Å²) in [5.41, 5.74) is 0.0375. The molecule has 0 saturated heterocycles. The molecule has 1 N–H and O–H groups in total. The van der Waals surface area contributed by atoms with E-state index in [0.29, 0.717) is 6.04 Å². The molecule has 0 aromatic heterocycles. The smallest absolute Gasteiger partial charge is 0.147 e. The molecule has 0 amide bonds. The van der Waals surface area contributed by atoms with Crippen molar-refractivity contribution < 1.29 is 8.42 Å². The summed E-state index contributed by atoms with van der Waals surface area (Å²) in [6.45, 7) is 10.8. The van der Waals surface area contributed by atoms with Crippen molar-refractivity contribution in [2.45, 2.75) is 52.1 Å². The third-order valence-electron chi connectivity index (χ3n) is 3.79. The average molecular weight is 278 g/mol. The summed E-state index contributed by atoms with van der Waals surface area (Å²) in [7, 11) is -0.892. The molecule has 5 heteroatoms. The van der Waals surface area contributed by atoms with Crippen LogP contribution in [0.5, 0.6) is 0 Å². The van der Waals surface area contributed by atoms with Crippen LogP contribution < -0.4 is 5.32 Å². The molecule has 0 aliphatic rings. The van der Waals surface area contributed by atoms with E-state index in [9.17, 15) is 8.42 Å². The van der Waals surface area contributed by atoms with Crippen molar-refractivity contribution in [1.29, 1.82) is 0 Å². The molecule has 0 aliphatic heterocycles. The minimum Gasteiger partial charge on any atom is -0.315 e. The van der Waals surface area contributed by atoms with Crippen LogP contribution in [0, 0.1) is 0 Å². The number of hydrogen-bond donors (Lipinski definition) is 1. The van der Waals surface area contributed by atoms with E-state index in [0.717, 1.165) is 25.9 Å². The second-order valence-corrected chi connectivity index (χ2v) is 7.70. The summed E-state index contributed by atoms with van der Waals surface area (Å²) in [4.78, 5) is 2.41. The number of hydrogen-bond acceptors (Lipinski definition) is 4. The Morgan fingerprint density at radius 1 is 1.22 bits per heavy atom. The first-order valence-electron chi connectivity index (χ1n) is 6.79. The Hall–Kier alpha value is -0.130. The van der Waals surface area contributed by atoms with Crippen LogP contribution in [0.1, 0.15) is 40.5 Å². The summed E-state index contributed by atoms with van der Waals surface area (Å²) < 4.78 is 22.3. The molecule has 0 spiro atoms. The summed E-state index contributed by atoms with van der Waals surface area (Å²) >= 11 is 0. The first kappa shape index (κ1) is 17.9. The molecule has 0 aromatic carbocycles. The lowest BCUT2D eigenvalue weighted by Crippen LogP contribution is -2.57. The molecule has 0 aliphatic carbocycles. The van der Waals surface area contributed by atoms with Gasteiger partial charge in [0.25, 0.3) is 0 Å². The molecule has 110 valence electrons. The zero-order valence-electron chi connectivity index (χ0n) is 12.8. The van der Waals surface area contributed by atoms with Crippen LogP contribution in [0.2, 0.25) is 0 Å². The fraction of sp³-hybridized carbons (Fsp3) is 1.00. The predicted octanol–water partition coefficient (Wildman–Crippen LogP) is 1.52. The van der Waals surface area contributed by atoms with Crippen LogP contribution in [0.25, 0.3) is 0 Å². The fourth-order valence-corrected chi connectivity index (χ4v) is 3.35. The highest BCUT2D eigenvalue weighted by molar-refractivity contribution is 7.90. The van der Waals surface area contributed by atoms with E-state index in [2.05, 4.69) is 37.9 Å². The van der Waals surface area contributed by atoms with Crippen molar-refractivity contribution >= 4 is 9.84 Å². The van der Waals surface area contributed by atoms with E-state index < -0.39 is 9.84 Å². The number of nitrogens with one attached hydrogen (secondary N) is 1. The first-order chi connectivity index (χ1) is 8.19. The second kappa shape index (κ2) is 7.46. The van der Waals surface area contributed by atoms with Gasteiger partial charge < -0.3 is 5.32 Å². The summed E-state index contributed by atoms with van der Waals surface area (Å²) in [6, 6.07) is 0.305. The molecule has 0 bridgehead atoms. The van der Waals surface area contributed by atoms with Gasteiger partial charge in [0.1, 0.15) is 9.84 Å². The topological polar surface area (TPSA) is 49.4 Å². The van der Waals surface area contributed by atoms with E-state index in [4.69, 9.17) is 0 Å². The molecule has 0 aromatic rings. The summed E-state index contributed by atoms with van der Waals surface area (Å²) in [5.74, 6) is 0.277. The van der Waals surface area contributed by atoms with Crippen LogP contribution >= 0.6 is 0 Å². The molecule has 0 rings (SSSR count). The van der Waals surface area contributed by atoms with Gasteiger partial charge in [0.2, 0.25) is 0 Å². The molecule has 1 atom stereocenters. The zero-order valence-corrected chi connectivity index (χ0v) is 13.6. The Labute approximate surface area is 113 Å². The molecule has 18 heavy (non-hydrogen) atoms. The van der Waals surface area contributed by atoms with E-state index in [1.165, 1.54) is 6.26 Å². The minimum atomic E-state index is -2.85. The van der Waals surface area contributed by atoms with Crippen LogP contribution in [0.3, 0.4) is 0 Å². The quantitative estimate of drug-likeness (QED) is 0.695. The van der Waals surface area contributed by atoms with Gasteiger partial charge in [-0.2, -0.15) is 0 Å². The highest BCUT2D eigenvalue weighted by Crippen LogP contribution is 2.22. The van der Waals surface area contributed by atoms with Crippen molar-refractivity contribution in [3.05, 3.63) is 0 Å². The maximum atomic E-state index is 11.2. The first-order valence-corrected chi connectivity index (χ1v) is 8.85. The fourth-order valence-electron chi connectivity index (χ4n) is 2.66. The minimum absolute atomic E-state index is 0.0375. The largest absolute Gasteiger partial charge is 0.315 e. The number of sulfone groups is 1. The van der Waals surface area contributed by atoms with Gasteiger partial charge in [0, 0.05) is 23.6 Å². The number of nitrogens with zero attached hydrogens (tertiary/aromatic N) is 1. The average Bonchev–Trinajstić information content (AvgIpc) is 2.23. The van der Waals surface area contributed by atoms with Crippen LogP contribution in [-0.4, -0.2) is 57.0 Å². The SMILES string of the molecule is CCN(CC)C(C)(C)C(CCCS(C)(=O)=O)NC. The molecule has 4 nitrogen and oxygen atoms in total. The Morgan fingerprint density at radius 3 is 2.06 bits per heavy atom. The second-order valence-electron chi connectivity index (χ2n) is 5.44. The molecule has 0 heterocycles. The molecular formula is C13H30N2O2S. The highest BCUT2D eigenvalue weighted by atomic mass is 32.2. The molecule has 0 radical (unpaired) electrons. The van der Waals surface area contributed by atoms with E-state index in [1.54, 1.807) is 0 Å². The van der Waals surface area contributed by atoms with Gasteiger partial charge in [-0.05, 0) is 46.8 Å². The van der Waals surface area contributed by atoms with Gasteiger partial charge in [-0.15, -0.1) is 0 Å². The standard InChI is InChI=1S/C13H30N2O2S/c1-7-15(8-2)13(3,4)12(14-5)10-9-11-18(6,16)17/h12,14H,7-11H2,1-6H3. The Morgan fingerprint density at radius 2 is 1.72 bits per heavy atom. The highest BCUT2D eigenvalue weighted by Gasteiger charge is 2.32. The normalized spacial score (nSPS) is 15.1. The van der Waals surface area contributed by atoms with E-state index in [1.807, 2.05) is 7.05 Å². The van der Waals surface area contributed by atoms with Gasteiger partial charge in [-0.25, -0.2) is 8.42 Å². The third kappa shape index (κ3) is 5.67.